The molecule has 0 aliphatic heterocycles. The van der Waals surface area contributed by atoms with Gasteiger partial charge in [-0.3, -0.25) is 4.79 Å². The van der Waals surface area contributed by atoms with E-state index in [1.54, 1.807) is 6.20 Å². The van der Waals surface area contributed by atoms with Crippen LogP contribution in [0.2, 0.25) is 0 Å². The third-order valence-electron chi connectivity index (χ3n) is 4.75. The number of fused-ring (bicyclic) bond motifs is 1. The zero-order valence-electron chi connectivity index (χ0n) is 13.1. The Bertz CT molecular complexity index is 656. The van der Waals surface area contributed by atoms with Gasteiger partial charge in [0.25, 0.3) is 5.91 Å². The van der Waals surface area contributed by atoms with Crippen molar-refractivity contribution in [3.05, 3.63) is 35.5 Å². The molecular weight excluding hydrogens is 276 g/mol. The maximum absolute atomic E-state index is 12.4. The molecule has 1 aromatic carbocycles. The van der Waals surface area contributed by atoms with Crippen LogP contribution in [0.15, 0.2) is 24.4 Å². The van der Waals surface area contributed by atoms with Crippen LogP contribution in [0.25, 0.3) is 10.9 Å². The molecule has 2 aromatic rings. The fourth-order valence-electron chi connectivity index (χ4n) is 3.40. The SMILES string of the molecule is Cc1ccc2[nH]cc(C(=O)NC[C@@H](O)C3CCCCC3)c2c1. The second kappa shape index (κ2) is 6.53. The topological polar surface area (TPSA) is 65.1 Å². The van der Waals surface area contributed by atoms with Crippen molar-refractivity contribution in [2.24, 2.45) is 5.92 Å². The van der Waals surface area contributed by atoms with Crippen LogP contribution in [0, 0.1) is 12.8 Å². The van der Waals surface area contributed by atoms with Crippen LogP contribution in [0.5, 0.6) is 0 Å². The lowest BCUT2D eigenvalue weighted by Crippen LogP contribution is -2.37. The fraction of sp³-hybridized carbons (Fsp3) is 0.500. The van der Waals surface area contributed by atoms with Crippen LogP contribution in [-0.2, 0) is 0 Å². The molecule has 1 heterocycles. The van der Waals surface area contributed by atoms with Crippen LogP contribution in [0.3, 0.4) is 0 Å². The molecule has 1 atom stereocenters. The minimum atomic E-state index is -0.434. The largest absolute Gasteiger partial charge is 0.391 e. The first-order valence-electron chi connectivity index (χ1n) is 8.19. The standard InChI is InChI=1S/C18H24N2O2/c1-12-7-8-16-14(9-12)15(10-19-16)18(22)20-11-17(21)13-5-3-2-4-6-13/h7-10,13,17,19,21H,2-6,11H2,1H3,(H,20,22)/t17-/m1/s1. The highest BCUT2D eigenvalue weighted by Crippen LogP contribution is 2.26. The Labute approximate surface area is 130 Å². The maximum Gasteiger partial charge on any atom is 0.253 e. The van der Waals surface area contributed by atoms with Crippen molar-refractivity contribution in [1.82, 2.24) is 10.3 Å². The van der Waals surface area contributed by atoms with E-state index in [1.807, 2.05) is 25.1 Å². The first-order valence-corrected chi connectivity index (χ1v) is 8.19. The van der Waals surface area contributed by atoms with Crippen LogP contribution in [-0.4, -0.2) is 28.6 Å². The summed E-state index contributed by atoms with van der Waals surface area (Å²) in [5, 5.41) is 14.1. The smallest absolute Gasteiger partial charge is 0.253 e. The molecule has 4 heteroatoms. The van der Waals surface area contributed by atoms with Gasteiger partial charge in [0.15, 0.2) is 0 Å². The molecule has 1 aliphatic rings. The molecule has 0 unspecified atom stereocenters. The van der Waals surface area contributed by atoms with Gasteiger partial charge in [0.2, 0.25) is 0 Å². The number of amides is 1. The quantitative estimate of drug-likeness (QED) is 0.812. The van der Waals surface area contributed by atoms with Gasteiger partial charge in [0.05, 0.1) is 11.7 Å². The summed E-state index contributed by atoms with van der Waals surface area (Å²) < 4.78 is 0. The average Bonchev–Trinajstić information content (AvgIpc) is 2.96. The van der Waals surface area contributed by atoms with E-state index in [9.17, 15) is 9.90 Å². The summed E-state index contributed by atoms with van der Waals surface area (Å²) in [5.41, 5.74) is 2.74. The number of rotatable bonds is 4. The number of aliphatic hydroxyl groups is 1. The number of benzene rings is 1. The summed E-state index contributed by atoms with van der Waals surface area (Å²) in [4.78, 5) is 15.5. The highest BCUT2D eigenvalue weighted by atomic mass is 16.3. The third-order valence-corrected chi connectivity index (χ3v) is 4.75. The minimum Gasteiger partial charge on any atom is -0.391 e. The van der Waals surface area contributed by atoms with E-state index in [2.05, 4.69) is 10.3 Å². The molecule has 0 radical (unpaired) electrons. The molecule has 118 valence electrons. The Morgan fingerprint density at radius 2 is 2.14 bits per heavy atom. The number of aromatic nitrogens is 1. The molecule has 1 aromatic heterocycles. The zero-order chi connectivity index (χ0) is 15.5. The number of aliphatic hydroxyl groups excluding tert-OH is 1. The lowest BCUT2D eigenvalue weighted by molar-refractivity contribution is 0.0739. The lowest BCUT2D eigenvalue weighted by Gasteiger charge is -2.26. The van der Waals surface area contributed by atoms with Crippen molar-refractivity contribution < 1.29 is 9.90 Å². The number of aryl methyl sites for hydroxylation is 1. The fourth-order valence-corrected chi connectivity index (χ4v) is 3.40. The predicted molar refractivity (Wildman–Crippen MR) is 88.0 cm³/mol. The van der Waals surface area contributed by atoms with Gasteiger partial charge in [-0.05, 0) is 37.8 Å². The molecule has 3 N–H and O–H groups in total. The van der Waals surface area contributed by atoms with Crippen molar-refractivity contribution in [1.29, 1.82) is 0 Å². The third kappa shape index (κ3) is 3.17. The van der Waals surface area contributed by atoms with Gasteiger partial charge in [-0.15, -0.1) is 0 Å². The van der Waals surface area contributed by atoms with Gasteiger partial charge in [0, 0.05) is 23.6 Å². The van der Waals surface area contributed by atoms with Crippen LogP contribution in [0.4, 0.5) is 0 Å². The van der Waals surface area contributed by atoms with E-state index in [0.717, 1.165) is 29.3 Å². The molecule has 0 spiro atoms. The second-order valence-corrected chi connectivity index (χ2v) is 6.43. The highest BCUT2D eigenvalue weighted by molar-refractivity contribution is 6.06. The molecule has 1 amide bonds. The Hall–Kier alpha value is -1.81. The number of carbonyl (C=O) groups is 1. The van der Waals surface area contributed by atoms with E-state index >= 15 is 0 Å². The van der Waals surface area contributed by atoms with Gasteiger partial charge in [0.1, 0.15) is 0 Å². The molecular formula is C18H24N2O2. The molecule has 1 aliphatic carbocycles. The molecule has 1 saturated carbocycles. The van der Waals surface area contributed by atoms with Crippen molar-refractivity contribution in [3.8, 4) is 0 Å². The molecule has 4 nitrogen and oxygen atoms in total. The van der Waals surface area contributed by atoms with Gasteiger partial charge in [-0.1, -0.05) is 30.9 Å². The van der Waals surface area contributed by atoms with E-state index in [-0.39, 0.29) is 5.91 Å². The van der Waals surface area contributed by atoms with E-state index in [0.29, 0.717) is 18.0 Å². The summed E-state index contributed by atoms with van der Waals surface area (Å²) >= 11 is 0. The molecule has 22 heavy (non-hydrogen) atoms. The summed E-state index contributed by atoms with van der Waals surface area (Å²) in [6.45, 7) is 2.35. The molecule has 3 rings (SSSR count). The monoisotopic (exact) mass is 300 g/mol. The Morgan fingerprint density at radius 1 is 1.36 bits per heavy atom. The van der Waals surface area contributed by atoms with Crippen LogP contribution in [0.1, 0.15) is 48.0 Å². The minimum absolute atomic E-state index is 0.119. The number of H-pyrrole nitrogens is 1. The number of carbonyl (C=O) groups excluding carboxylic acids is 1. The summed E-state index contributed by atoms with van der Waals surface area (Å²) in [6.07, 6.45) is 7.11. The Balaban J connectivity index is 1.64. The second-order valence-electron chi connectivity index (χ2n) is 6.43. The van der Waals surface area contributed by atoms with Crippen molar-refractivity contribution in [2.75, 3.05) is 6.54 Å². The first-order chi connectivity index (χ1) is 10.6. The Morgan fingerprint density at radius 3 is 2.91 bits per heavy atom. The van der Waals surface area contributed by atoms with Crippen LogP contribution >= 0.6 is 0 Å². The number of hydrogen-bond donors (Lipinski definition) is 3. The van der Waals surface area contributed by atoms with E-state index < -0.39 is 6.10 Å². The van der Waals surface area contributed by atoms with E-state index in [1.165, 1.54) is 19.3 Å². The van der Waals surface area contributed by atoms with Gasteiger partial charge < -0.3 is 15.4 Å². The lowest BCUT2D eigenvalue weighted by atomic mass is 9.85. The number of aromatic amines is 1. The molecule has 0 bridgehead atoms. The van der Waals surface area contributed by atoms with Crippen LogP contribution < -0.4 is 5.32 Å². The van der Waals surface area contributed by atoms with Gasteiger partial charge in [-0.2, -0.15) is 0 Å². The summed E-state index contributed by atoms with van der Waals surface area (Å²) in [6, 6.07) is 6.02. The average molecular weight is 300 g/mol. The normalized spacial score (nSPS) is 17.5. The summed E-state index contributed by atoms with van der Waals surface area (Å²) in [5.74, 6) is 0.214. The van der Waals surface area contributed by atoms with Gasteiger partial charge >= 0.3 is 0 Å². The summed E-state index contributed by atoms with van der Waals surface area (Å²) in [7, 11) is 0. The van der Waals surface area contributed by atoms with Crippen molar-refractivity contribution in [2.45, 2.75) is 45.1 Å². The predicted octanol–water partition coefficient (Wildman–Crippen LogP) is 3.15. The maximum atomic E-state index is 12.4. The zero-order valence-corrected chi connectivity index (χ0v) is 13.1. The highest BCUT2D eigenvalue weighted by Gasteiger charge is 2.22. The van der Waals surface area contributed by atoms with E-state index in [4.69, 9.17) is 0 Å². The van der Waals surface area contributed by atoms with Gasteiger partial charge in [-0.25, -0.2) is 0 Å². The van der Waals surface area contributed by atoms with Crippen molar-refractivity contribution >= 4 is 16.8 Å². The Kier molecular flexibility index (Phi) is 4.48. The number of hydrogen-bond acceptors (Lipinski definition) is 2. The molecule has 1 fully saturated rings. The molecule has 0 saturated heterocycles. The number of nitrogens with one attached hydrogen (secondary N) is 2. The van der Waals surface area contributed by atoms with Crippen molar-refractivity contribution in [3.63, 3.8) is 0 Å². The first kappa shape index (κ1) is 15.1.